The van der Waals surface area contributed by atoms with Gasteiger partial charge in [-0.3, -0.25) is 9.69 Å². The zero-order valence-electron chi connectivity index (χ0n) is 17.5. The highest BCUT2D eigenvalue weighted by Gasteiger charge is 2.33. The number of rotatable bonds is 6. The number of nitrogens with zero attached hydrogens (tertiary/aromatic N) is 5. The minimum atomic E-state index is -0.559. The number of anilines is 2. The van der Waals surface area contributed by atoms with Crippen LogP contribution >= 0.6 is 12.2 Å². The Morgan fingerprint density at radius 2 is 2.09 bits per heavy atom. The number of carbonyl (C=O) groups excluding carboxylic acids is 2. The molecule has 0 spiro atoms. The predicted octanol–water partition coefficient (Wildman–Crippen LogP) is 1.36. The highest BCUT2D eigenvalue weighted by atomic mass is 32.1. The van der Waals surface area contributed by atoms with E-state index in [0.717, 1.165) is 0 Å². The average molecular weight is 463 g/mol. The lowest BCUT2D eigenvalue weighted by molar-refractivity contribution is -0.119. The van der Waals surface area contributed by atoms with Crippen LogP contribution in [0.1, 0.15) is 12.8 Å². The molecule has 1 atom stereocenters. The first-order valence-corrected chi connectivity index (χ1v) is 10.6. The minimum absolute atomic E-state index is 0.203. The van der Waals surface area contributed by atoms with Gasteiger partial charge in [0.05, 0.1) is 35.9 Å². The first kappa shape index (κ1) is 21.9. The average Bonchev–Trinajstić information content (AvgIpc) is 3.41. The van der Waals surface area contributed by atoms with Crippen LogP contribution in [0.25, 0.3) is 0 Å². The van der Waals surface area contributed by atoms with Gasteiger partial charge in [0, 0.05) is 33.1 Å². The number of aromatic nitrogens is 2. The van der Waals surface area contributed by atoms with Crippen molar-refractivity contribution in [2.45, 2.75) is 19.4 Å². The molecule has 1 aromatic heterocycles. The Balaban J connectivity index is 1.34. The molecule has 0 bridgehead atoms. The number of halogens is 1. The summed E-state index contributed by atoms with van der Waals surface area (Å²) in [6.45, 7) is 4.36. The molecule has 2 saturated heterocycles. The summed E-state index contributed by atoms with van der Waals surface area (Å²) >= 11 is 5.47. The van der Waals surface area contributed by atoms with Gasteiger partial charge in [-0.1, -0.05) is 12.2 Å². The van der Waals surface area contributed by atoms with E-state index in [4.69, 9.17) is 21.4 Å². The van der Waals surface area contributed by atoms with Crippen molar-refractivity contribution >= 4 is 40.6 Å². The number of ether oxygens (including phenoxy) is 1. The number of nitrogens with one attached hydrogen (secondary N) is 1. The highest BCUT2D eigenvalue weighted by Crippen LogP contribution is 2.28. The van der Waals surface area contributed by atoms with E-state index < -0.39 is 18.0 Å². The topological polar surface area (TPSA) is 104 Å². The van der Waals surface area contributed by atoms with Gasteiger partial charge in [-0.25, -0.2) is 9.18 Å². The van der Waals surface area contributed by atoms with E-state index in [1.54, 1.807) is 12.1 Å². The number of hydrogen-bond donors (Lipinski definition) is 1. The lowest BCUT2D eigenvalue weighted by atomic mass is 10.2. The Morgan fingerprint density at radius 3 is 2.75 bits per heavy atom. The standard InChI is InChI=1S/C20H23FN6O4S/c1-13(28)22-10-15-11-27(20(29)31-15)14-2-3-17(16(21)8-14)25-4-6-26(7-5-25)19(32)9-18-24-23-12-30-18/h2-3,8,12,15H,4-7,9-11H2,1H3,(H,22,28). The third-order valence-electron chi connectivity index (χ3n) is 5.38. The molecule has 2 amide bonds. The molecular formula is C20H23FN6O4S. The maximum atomic E-state index is 14.9. The quantitative estimate of drug-likeness (QED) is 0.637. The van der Waals surface area contributed by atoms with Gasteiger partial charge in [0.1, 0.15) is 11.9 Å². The number of carbonyl (C=O) groups is 2. The molecule has 4 rings (SSSR count). The fourth-order valence-corrected chi connectivity index (χ4v) is 4.03. The van der Waals surface area contributed by atoms with E-state index in [-0.39, 0.29) is 19.0 Å². The number of hydrogen-bond acceptors (Lipinski definition) is 8. The van der Waals surface area contributed by atoms with Crippen molar-refractivity contribution < 1.29 is 23.1 Å². The second kappa shape index (κ2) is 9.47. The lowest BCUT2D eigenvalue weighted by Gasteiger charge is -2.37. The number of cyclic esters (lactones) is 1. The van der Waals surface area contributed by atoms with Crippen LogP contribution in [0.4, 0.5) is 20.6 Å². The van der Waals surface area contributed by atoms with Gasteiger partial charge >= 0.3 is 6.09 Å². The highest BCUT2D eigenvalue weighted by molar-refractivity contribution is 7.80. The van der Waals surface area contributed by atoms with Crippen molar-refractivity contribution in [3.05, 3.63) is 36.3 Å². The van der Waals surface area contributed by atoms with E-state index in [1.165, 1.54) is 24.3 Å². The van der Waals surface area contributed by atoms with Gasteiger partial charge in [0.25, 0.3) is 0 Å². The molecule has 32 heavy (non-hydrogen) atoms. The van der Waals surface area contributed by atoms with Gasteiger partial charge in [-0.05, 0) is 18.2 Å². The van der Waals surface area contributed by atoms with Gasteiger partial charge < -0.3 is 24.3 Å². The molecule has 1 N–H and O–H groups in total. The molecule has 2 aliphatic rings. The molecule has 0 radical (unpaired) electrons. The second-order valence-electron chi connectivity index (χ2n) is 7.57. The fourth-order valence-electron chi connectivity index (χ4n) is 3.73. The maximum absolute atomic E-state index is 14.9. The first-order chi connectivity index (χ1) is 15.4. The number of amides is 2. The smallest absolute Gasteiger partial charge is 0.414 e. The third kappa shape index (κ3) is 4.96. The molecule has 0 aliphatic carbocycles. The van der Waals surface area contributed by atoms with Crippen molar-refractivity contribution in [3.63, 3.8) is 0 Å². The largest absolute Gasteiger partial charge is 0.442 e. The minimum Gasteiger partial charge on any atom is -0.442 e. The van der Waals surface area contributed by atoms with Gasteiger partial charge in [0.2, 0.25) is 18.2 Å². The van der Waals surface area contributed by atoms with Crippen LogP contribution in [-0.4, -0.2) is 77.5 Å². The number of piperazine rings is 1. The van der Waals surface area contributed by atoms with E-state index in [1.807, 2.05) is 4.90 Å². The zero-order chi connectivity index (χ0) is 22.7. The summed E-state index contributed by atoms with van der Waals surface area (Å²) in [6, 6.07) is 4.71. The predicted molar refractivity (Wildman–Crippen MR) is 117 cm³/mol. The van der Waals surface area contributed by atoms with Crippen molar-refractivity contribution in [3.8, 4) is 0 Å². The Labute approximate surface area is 189 Å². The van der Waals surface area contributed by atoms with Crippen LogP contribution in [0.5, 0.6) is 0 Å². The summed E-state index contributed by atoms with van der Waals surface area (Å²) in [7, 11) is 0. The number of thiocarbonyl (C=S) groups is 1. The normalized spacial score (nSPS) is 18.6. The summed E-state index contributed by atoms with van der Waals surface area (Å²) in [4.78, 5) is 29.3. The fraction of sp³-hybridized carbons (Fsp3) is 0.450. The molecular weight excluding hydrogens is 439 g/mol. The van der Waals surface area contributed by atoms with Gasteiger partial charge in [-0.2, -0.15) is 0 Å². The van der Waals surface area contributed by atoms with E-state index in [0.29, 0.717) is 54.9 Å². The van der Waals surface area contributed by atoms with E-state index in [9.17, 15) is 14.0 Å². The molecule has 10 nitrogen and oxygen atoms in total. The molecule has 1 unspecified atom stereocenters. The Morgan fingerprint density at radius 1 is 1.31 bits per heavy atom. The van der Waals surface area contributed by atoms with Crippen LogP contribution in [0.2, 0.25) is 0 Å². The van der Waals surface area contributed by atoms with Crippen LogP contribution in [0, 0.1) is 5.82 Å². The van der Waals surface area contributed by atoms with Crippen molar-refractivity contribution in [2.24, 2.45) is 0 Å². The van der Waals surface area contributed by atoms with Gasteiger partial charge in [0.15, 0.2) is 0 Å². The Hall–Kier alpha value is -3.28. The summed E-state index contributed by atoms with van der Waals surface area (Å²) < 4.78 is 25.3. The van der Waals surface area contributed by atoms with Crippen LogP contribution < -0.4 is 15.1 Å². The second-order valence-corrected chi connectivity index (χ2v) is 8.04. The molecule has 2 fully saturated rings. The Kier molecular flexibility index (Phi) is 6.49. The van der Waals surface area contributed by atoms with Crippen LogP contribution in [0.15, 0.2) is 29.0 Å². The molecule has 170 valence electrons. The summed E-state index contributed by atoms with van der Waals surface area (Å²) in [5, 5.41) is 10.1. The molecule has 2 aliphatic heterocycles. The van der Waals surface area contributed by atoms with Crippen molar-refractivity contribution in [1.82, 2.24) is 20.4 Å². The third-order valence-corrected chi connectivity index (χ3v) is 5.78. The molecule has 12 heteroatoms. The van der Waals surface area contributed by atoms with E-state index in [2.05, 4.69) is 20.4 Å². The summed E-state index contributed by atoms with van der Waals surface area (Å²) in [5.74, 6) is -0.147. The molecule has 1 aromatic carbocycles. The van der Waals surface area contributed by atoms with E-state index >= 15 is 0 Å². The molecule has 0 saturated carbocycles. The van der Waals surface area contributed by atoms with Crippen molar-refractivity contribution in [2.75, 3.05) is 49.1 Å². The van der Waals surface area contributed by atoms with Crippen LogP contribution in [0.3, 0.4) is 0 Å². The molecule has 3 heterocycles. The van der Waals surface area contributed by atoms with Gasteiger partial charge in [-0.15, -0.1) is 10.2 Å². The maximum Gasteiger partial charge on any atom is 0.414 e. The monoisotopic (exact) mass is 462 g/mol. The SMILES string of the molecule is CC(=O)NCC1CN(c2ccc(N3CCN(C(=S)Cc4nnco4)CC3)c(F)c2)C(=O)O1. The lowest BCUT2D eigenvalue weighted by Crippen LogP contribution is -2.49. The van der Waals surface area contributed by atoms with Crippen molar-refractivity contribution in [1.29, 1.82) is 0 Å². The first-order valence-electron chi connectivity index (χ1n) is 10.2. The summed E-state index contributed by atoms with van der Waals surface area (Å²) in [5.41, 5.74) is 0.888. The summed E-state index contributed by atoms with van der Waals surface area (Å²) in [6.07, 6.45) is 0.648. The van der Waals surface area contributed by atoms with Crippen LogP contribution in [-0.2, 0) is 16.0 Å². The Bertz CT molecular complexity index is 996. The molecule has 2 aromatic rings. The zero-order valence-corrected chi connectivity index (χ0v) is 18.3. The number of benzene rings is 1.